The Labute approximate surface area is 256 Å². The van der Waals surface area contributed by atoms with Gasteiger partial charge in [0.25, 0.3) is 5.91 Å². The van der Waals surface area contributed by atoms with E-state index >= 15 is 0 Å². The summed E-state index contributed by atoms with van der Waals surface area (Å²) in [4.78, 5) is 99.8. The third-order valence-corrected chi connectivity index (χ3v) is 6.72. The number of carboxylic acids is 2. The molecule has 1 rings (SSSR count). The predicted octanol–water partition coefficient (Wildman–Crippen LogP) is -0.211. The van der Waals surface area contributed by atoms with Gasteiger partial charge in [-0.1, -0.05) is 41.0 Å². The number of ether oxygens (including phenoxy) is 1. The van der Waals surface area contributed by atoms with Gasteiger partial charge in [-0.05, 0) is 37.5 Å². The van der Waals surface area contributed by atoms with E-state index in [2.05, 4.69) is 21.3 Å². The van der Waals surface area contributed by atoms with Crippen LogP contribution in [0.5, 0.6) is 0 Å². The zero-order valence-electron chi connectivity index (χ0n) is 25.8. The van der Waals surface area contributed by atoms with Crippen molar-refractivity contribution in [3.05, 3.63) is 0 Å². The van der Waals surface area contributed by atoms with Crippen LogP contribution in [0.3, 0.4) is 0 Å². The van der Waals surface area contributed by atoms with Crippen molar-refractivity contribution >= 4 is 47.4 Å². The Balaban J connectivity index is 2.85. The van der Waals surface area contributed by atoms with Crippen LogP contribution in [0.15, 0.2) is 0 Å². The number of aliphatic carboxylic acids is 2. The van der Waals surface area contributed by atoms with Crippen molar-refractivity contribution in [3.63, 3.8) is 0 Å². The van der Waals surface area contributed by atoms with Crippen LogP contribution < -0.4 is 21.3 Å². The molecule has 0 bridgehead atoms. The summed E-state index contributed by atoms with van der Waals surface area (Å²) in [6, 6.07) is -4.68. The highest BCUT2D eigenvalue weighted by Crippen LogP contribution is 2.21. The van der Waals surface area contributed by atoms with Crippen LogP contribution >= 0.6 is 0 Å². The Morgan fingerprint density at radius 1 is 0.909 bits per heavy atom. The van der Waals surface area contributed by atoms with Gasteiger partial charge in [0.1, 0.15) is 18.1 Å². The van der Waals surface area contributed by atoms with E-state index in [1.54, 1.807) is 20.8 Å². The lowest BCUT2D eigenvalue weighted by Crippen LogP contribution is -2.57. The number of carbonyl (C=O) groups is 8. The fourth-order valence-corrected chi connectivity index (χ4v) is 4.41. The third-order valence-electron chi connectivity index (χ3n) is 6.72. The van der Waals surface area contributed by atoms with Gasteiger partial charge in [0.2, 0.25) is 23.5 Å². The number of rotatable bonds is 18. The summed E-state index contributed by atoms with van der Waals surface area (Å²) in [5.41, 5.74) is 0. The maximum absolute atomic E-state index is 13.4. The molecule has 6 N–H and O–H groups in total. The van der Waals surface area contributed by atoms with Crippen molar-refractivity contribution in [1.29, 1.82) is 0 Å². The fourth-order valence-electron chi connectivity index (χ4n) is 4.41. The Morgan fingerprint density at radius 3 is 2.11 bits per heavy atom. The summed E-state index contributed by atoms with van der Waals surface area (Å²) in [7, 11) is 0. The number of nitrogens with one attached hydrogen (secondary N) is 4. The smallest absolute Gasteiger partial charge is 0.407 e. The molecule has 16 heteroatoms. The number of carboxylic acid groups (broad SMARTS) is 2. The van der Waals surface area contributed by atoms with Crippen LogP contribution in [0.4, 0.5) is 4.79 Å². The quantitative estimate of drug-likeness (QED) is 0.109. The molecule has 0 saturated carbocycles. The van der Waals surface area contributed by atoms with Crippen LogP contribution in [0.1, 0.15) is 73.1 Å². The summed E-state index contributed by atoms with van der Waals surface area (Å²) >= 11 is 0. The number of Topliss-reactive ketones (excluding diaryl/α,β-unsaturated/α-hetero) is 1. The lowest BCUT2D eigenvalue weighted by molar-refractivity contribution is -0.144. The first-order valence-corrected chi connectivity index (χ1v) is 14.7. The molecule has 248 valence electrons. The monoisotopic (exact) mass is 627 g/mol. The van der Waals surface area contributed by atoms with Crippen LogP contribution in [0.25, 0.3) is 0 Å². The van der Waals surface area contributed by atoms with E-state index in [0.29, 0.717) is 19.3 Å². The summed E-state index contributed by atoms with van der Waals surface area (Å²) < 4.78 is 5.13. The van der Waals surface area contributed by atoms with Gasteiger partial charge in [-0.25, -0.2) is 9.59 Å². The van der Waals surface area contributed by atoms with Gasteiger partial charge in [0.15, 0.2) is 0 Å². The number of hydrogen-bond donors (Lipinski definition) is 6. The molecule has 16 nitrogen and oxygen atoms in total. The van der Waals surface area contributed by atoms with E-state index < -0.39 is 84.6 Å². The standard InChI is InChI=1S/C28H45N5O11/c1-6-8-17(23(37)25(39)29-13-20(34)30-18(27(41)42)10-11-21(35)36)31-24(38)19-9-7-12-33(19)26(40)22(16(4)5)32-28(43)44-14-15(2)3/h15-19,22H,6-14H2,1-5H3,(H,29,39)(H,30,34)(H,31,38)(H,32,43)(H,35,36)(H,41,42)/t17?,18-,19-,22-/m0/s1. The SMILES string of the molecule is CCCC(NC(=O)[C@@H]1CCCN1C(=O)[C@@H](NC(=O)OCC(C)C)C(C)C)C(=O)C(=O)NCC(=O)N[C@@H](CCC(=O)O)C(=O)O. The number of hydrogen-bond acceptors (Lipinski definition) is 9. The molecule has 0 aliphatic carbocycles. The van der Waals surface area contributed by atoms with Crippen LogP contribution in [-0.2, 0) is 38.3 Å². The molecular formula is C28H45N5O11. The number of carbonyl (C=O) groups excluding carboxylic acids is 6. The molecule has 0 spiro atoms. The molecule has 1 heterocycles. The Hall–Kier alpha value is -4.24. The molecule has 0 aromatic rings. The van der Waals surface area contributed by atoms with Crippen molar-refractivity contribution in [1.82, 2.24) is 26.2 Å². The van der Waals surface area contributed by atoms with E-state index in [-0.39, 0.29) is 37.8 Å². The first-order chi connectivity index (χ1) is 20.6. The van der Waals surface area contributed by atoms with E-state index in [1.165, 1.54) is 4.90 Å². The van der Waals surface area contributed by atoms with Gasteiger partial charge in [0.05, 0.1) is 19.2 Å². The Kier molecular flexibility index (Phi) is 15.8. The largest absolute Gasteiger partial charge is 0.481 e. The van der Waals surface area contributed by atoms with Gasteiger partial charge in [-0.15, -0.1) is 0 Å². The zero-order valence-corrected chi connectivity index (χ0v) is 25.8. The fraction of sp³-hybridized carbons (Fsp3) is 0.714. The first-order valence-electron chi connectivity index (χ1n) is 14.7. The minimum absolute atomic E-state index is 0.0823. The average Bonchev–Trinajstić information content (AvgIpc) is 3.44. The van der Waals surface area contributed by atoms with Gasteiger partial charge in [0, 0.05) is 13.0 Å². The zero-order chi connectivity index (χ0) is 33.6. The molecule has 0 aromatic heterocycles. The summed E-state index contributed by atoms with van der Waals surface area (Å²) in [6.07, 6.45) is -0.365. The van der Waals surface area contributed by atoms with Crippen molar-refractivity contribution in [2.45, 2.75) is 97.3 Å². The molecule has 0 radical (unpaired) electrons. The third kappa shape index (κ3) is 12.6. The maximum atomic E-state index is 13.4. The Morgan fingerprint density at radius 2 is 1.57 bits per heavy atom. The molecule has 1 aliphatic rings. The number of nitrogens with zero attached hydrogens (tertiary/aromatic N) is 1. The summed E-state index contributed by atoms with van der Waals surface area (Å²) in [5.74, 6) is -7.27. The topological polar surface area (TPSA) is 238 Å². The van der Waals surface area contributed by atoms with Crippen molar-refractivity contribution < 1.29 is 53.3 Å². The minimum Gasteiger partial charge on any atom is -0.481 e. The molecule has 0 aromatic carbocycles. The van der Waals surface area contributed by atoms with Crippen LogP contribution in [-0.4, -0.2) is 106 Å². The molecular weight excluding hydrogens is 582 g/mol. The highest BCUT2D eigenvalue weighted by Gasteiger charge is 2.40. The molecule has 44 heavy (non-hydrogen) atoms. The molecule has 1 aliphatic heterocycles. The lowest BCUT2D eigenvalue weighted by atomic mass is 10.0. The number of amides is 5. The number of ketones is 1. The van der Waals surface area contributed by atoms with Crippen molar-refractivity contribution in [2.24, 2.45) is 11.8 Å². The molecule has 1 fully saturated rings. The average molecular weight is 628 g/mol. The Bertz CT molecular complexity index is 1080. The number of alkyl carbamates (subject to hydrolysis) is 1. The predicted molar refractivity (Wildman–Crippen MR) is 154 cm³/mol. The van der Waals surface area contributed by atoms with Crippen LogP contribution in [0, 0.1) is 11.8 Å². The highest BCUT2D eigenvalue weighted by atomic mass is 16.5. The number of likely N-dealkylation sites (tertiary alicyclic amines) is 1. The van der Waals surface area contributed by atoms with Gasteiger partial charge in [-0.2, -0.15) is 0 Å². The molecule has 1 saturated heterocycles. The summed E-state index contributed by atoms with van der Waals surface area (Å²) in [6.45, 7) is 8.59. The van der Waals surface area contributed by atoms with E-state index in [4.69, 9.17) is 14.9 Å². The molecule has 5 amide bonds. The maximum Gasteiger partial charge on any atom is 0.407 e. The van der Waals surface area contributed by atoms with Gasteiger partial charge >= 0.3 is 18.0 Å². The highest BCUT2D eigenvalue weighted by molar-refractivity contribution is 6.38. The van der Waals surface area contributed by atoms with Gasteiger partial charge < -0.3 is 41.1 Å². The second-order valence-corrected chi connectivity index (χ2v) is 11.3. The second-order valence-electron chi connectivity index (χ2n) is 11.3. The molecule has 1 unspecified atom stereocenters. The van der Waals surface area contributed by atoms with Gasteiger partial charge in [-0.3, -0.25) is 28.8 Å². The lowest BCUT2D eigenvalue weighted by Gasteiger charge is -2.31. The van der Waals surface area contributed by atoms with E-state index in [0.717, 1.165) is 0 Å². The summed E-state index contributed by atoms with van der Waals surface area (Å²) in [5, 5.41) is 27.2. The molecule has 4 atom stereocenters. The normalized spacial score (nSPS) is 16.4. The second kappa shape index (κ2) is 18.4. The van der Waals surface area contributed by atoms with Crippen molar-refractivity contribution in [3.8, 4) is 0 Å². The minimum atomic E-state index is -1.51. The first kappa shape index (κ1) is 37.8. The van der Waals surface area contributed by atoms with E-state index in [9.17, 15) is 38.4 Å². The van der Waals surface area contributed by atoms with Crippen molar-refractivity contribution in [2.75, 3.05) is 19.7 Å². The van der Waals surface area contributed by atoms with E-state index in [1.807, 2.05) is 13.8 Å². The van der Waals surface area contributed by atoms with Crippen LogP contribution in [0.2, 0.25) is 0 Å².